The Bertz CT molecular complexity index is 1040. The van der Waals surface area contributed by atoms with Crippen LogP contribution in [0.5, 0.6) is 0 Å². The smallest absolute Gasteiger partial charge is 0.306 e. The highest BCUT2D eigenvalue weighted by atomic mass is 35.5. The van der Waals surface area contributed by atoms with Gasteiger partial charge in [-0.25, -0.2) is 4.98 Å². The topological polar surface area (TPSA) is 81.6 Å². The molecule has 5 rings (SSSR count). The van der Waals surface area contributed by atoms with Gasteiger partial charge in [-0.1, -0.05) is 29.3 Å². The van der Waals surface area contributed by atoms with Gasteiger partial charge in [-0.2, -0.15) is 0 Å². The minimum Gasteiger partial charge on any atom is -0.481 e. The molecule has 0 bridgehead atoms. The Morgan fingerprint density at radius 3 is 2.71 bits per heavy atom. The Balaban J connectivity index is 1.14. The fraction of sp³-hybridized carbons (Fsp3) is 0.560. The number of carboxylic acid groups (broad SMARTS) is 1. The van der Waals surface area contributed by atoms with E-state index in [-0.39, 0.29) is 12.0 Å². The number of halogens is 2. The van der Waals surface area contributed by atoms with Crippen molar-refractivity contribution in [2.24, 2.45) is 17.8 Å². The number of anilines is 2. The summed E-state index contributed by atoms with van der Waals surface area (Å²) in [5.41, 5.74) is 0.963. The summed E-state index contributed by atoms with van der Waals surface area (Å²) in [6.45, 7) is 6.25. The normalized spacial score (nSPS) is 26.4. The quantitative estimate of drug-likeness (QED) is 0.551. The molecule has 7 nitrogen and oxygen atoms in total. The standard InChI is InChI=1S/C25H31Cl2N5O2/c1-15(21-5-4-19(26)9-22(21)27)29-23-10-28-11-24(30-23)32-13-18(14-32)16-3-2-6-31(12-16)20-7-17(8-20)25(33)34/h4-5,9-11,15-18,20H,2-3,6-8,12-14H2,1H3,(H,29,30)(H,33,34)/t15-,16-,17-,20+/m1/s1. The molecular formula is C25H31Cl2N5O2. The fourth-order valence-corrected chi connectivity index (χ4v) is 6.14. The Morgan fingerprint density at radius 2 is 1.97 bits per heavy atom. The van der Waals surface area contributed by atoms with Gasteiger partial charge in [0.1, 0.15) is 11.6 Å². The average Bonchev–Trinajstić information content (AvgIpc) is 2.72. The number of carbonyl (C=O) groups is 1. The number of rotatable bonds is 7. The van der Waals surface area contributed by atoms with Crippen molar-refractivity contribution in [1.82, 2.24) is 14.9 Å². The summed E-state index contributed by atoms with van der Waals surface area (Å²) < 4.78 is 0. The second kappa shape index (κ2) is 9.88. The number of likely N-dealkylation sites (tertiary alicyclic amines) is 1. The number of aliphatic carboxylic acids is 1. The molecule has 0 unspecified atom stereocenters. The number of nitrogens with zero attached hydrogens (tertiary/aromatic N) is 4. The molecule has 2 aliphatic heterocycles. The molecule has 2 atom stereocenters. The number of benzene rings is 1. The summed E-state index contributed by atoms with van der Waals surface area (Å²) >= 11 is 12.4. The minimum atomic E-state index is -0.636. The fourth-order valence-electron chi connectivity index (χ4n) is 5.57. The summed E-state index contributed by atoms with van der Waals surface area (Å²) in [6, 6.07) is 5.95. The molecule has 3 fully saturated rings. The van der Waals surface area contributed by atoms with Crippen LogP contribution in [0.2, 0.25) is 10.0 Å². The lowest BCUT2D eigenvalue weighted by Gasteiger charge is -2.50. The third kappa shape index (κ3) is 4.97. The summed E-state index contributed by atoms with van der Waals surface area (Å²) in [4.78, 5) is 25.2. The maximum Gasteiger partial charge on any atom is 0.306 e. The van der Waals surface area contributed by atoms with Gasteiger partial charge in [-0.3, -0.25) is 9.78 Å². The highest BCUT2D eigenvalue weighted by molar-refractivity contribution is 6.35. The first-order chi connectivity index (χ1) is 16.4. The number of carboxylic acids is 1. The lowest BCUT2D eigenvalue weighted by molar-refractivity contribution is -0.147. The van der Waals surface area contributed by atoms with Crippen LogP contribution in [0, 0.1) is 17.8 Å². The van der Waals surface area contributed by atoms with Crippen molar-refractivity contribution >= 4 is 40.8 Å². The third-order valence-corrected chi connectivity index (χ3v) is 8.35. The summed E-state index contributed by atoms with van der Waals surface area (Å²) in [5, 5.41) is 13.8. The van der Waals surface area contributed by atoms with Gasteiger partial charge in [0.15, 0.2) is 0 Å². The van der Waals surface area contributed by atoms with E-state index >= 15 is 0 Å². The zero-order chi connectivity index (χ0) is 23.8. The minimum absolute atomic E-state index is 0.0288. The van der Waals surface area contributed by atoms with Crippen LogP contribution < -0.4 is 10.2 Å². The highest BCUT2D eigenvalue weighted by Crippen LogP contribution is 2.38. The Labute approximate surface area is 210 Å². The van der Waals surface area contributed by atoms with Crippen molar-refractivity contribution in [2.75, 3.05) is 36.4 Å². The summed E-state index contributed by atoms with van der Waals surface area (Å²) in [7, 11) is 0. The van der Waals surface area contributed by atoms with E-state index in [0.29, 0.717) is 27.9 Å². The maximum atomic E-state index is 11.1. The van der Waals surface area contributed by atoms with Crippen LogP contribution in [0.15, 0.2) is 30.6 Å². The van der Waals surface area contributed by atoms with E-state index in [1.807, 2.05) is 25.3 Å². The van der Waals surface area contributed by atoms with Gasteiger partial charge >= 0.3 is 5.97 Å². The van der Waals surface area contributed by atoms with Gasteiger partial charge in [0.2, 0.25) is 0 Å². The van der Waals surface area contributed by atoms with Crippen LogP contribution in [0.25, 0.3) is 0 Å². The van der Waals surface area contributed by atoms with E-state index < -0.39 is 5.97 Å². The third-order valence-electron chi connectivity index (χ3n) is 7.78. The second-order valence-electron chi connectivity index (χ2n) is 10.0. The van der Waals surface area contributed by atoms with Crippen LogP contribution in [-0.2, 0) is 4.79 Å². The molecule has 34 heavy (non-hydrogen) atoms. The average molecular weight is 504 g/mol. The lowest BCUT2D eigenvalue weighted by Crippen LogP contribution is -2.56. The van der Waals surface area contributed by atoms with Crippen molar-refractivity contribution in [3.8, 4) is 0 Å². The molecule has 0 radical (unpaired) electrons. The van der Waals surface area contributed by atoms with Crippen LogP contribution in [0.1, 0.15) is 44.2 Å². The molecule has 1 saturated carbocycles. The van der Waals surface area contributed by atoms with Crippen LogP contribution in [0.4, 0.5) is 11.6 Å². The SMILES string of the molecule is C[C@@H](Nc1cncc(N2CC([C@@H]3CCCN([C@H]4C[C@@H](C(=O)O)C4)C3)C2)n1)c1ccc(Cl)cc1Cl. The Hall–Kier alpha value is -2.09. The summed E-state index contributed by atoms with van der Waals surface area (Å²) in [5.74, 6) is 2.18. The van der Waals surface area contributed by atoms with E-state index in [9.17, 15) is 9.90 Å². The van der Waals surface area contributed by atoms with Crippen LogP contribution in [0.3, 0.4) is 0 Å². The van der Waals surface area contributed by atoms with E-state index in [4.69, 9.17) is 28.2 Å². The predicted octanol–water partition coefficient (Wildman–Crippen LogP) is 4.97. The summed E-state index contributed by atoms with van der Waals surface area (Å²) in [6.07, 6.45) is 7.66. The molecule has 2 N–H and O–H groups in total. The first kappa shape index (κ1) is 23.6. The lowest BCUT2D eigenvalue weighted by atomic mass is 9.76. The van der Waals surface area contributed by atoms with E-state index in [2.05, 4.69) is 20.1 Å². The van der Waals surface area contributed by atoms with Gasteiger partial charge < -0.3 is 20.2 Å². The zero-order valence-electron chi connectivity index (χ0n) is 19.3. The molecule has 0 spiro atoms. The highest BCUT2D eigenvalue weighted by Gasteiger charge is 2.42. The molecule has 3 heterocycles. The molecule has 1 aromatic heterocycles. The number of hydrogen-bond acceptors (Lipinski definition) is 6. The number of aromatic nitrogens is 2. The van der Waals surface area contributed by atoms with Crippen molar-refractivity contribution in [2.45, 2.75) is 44.7 Å². The van der Waals surface area contributed by atoms with Crippen LogP contribution in [-0.4, -0.2) is 58.2 Å². The van der Waals surface area contributed by atoms with Crippen molar-refractivity contribution in [3.63, 3.8) is 0 Å². The number of piperidine rings is 1. The molecule has 0 amide bonds. The molecule has 9 heteroatoms. The van der Waals surface area contributed by atoms with E-state index in [1.54, 1.807) is 12.3 Å². The molecule has 3 aliphatic rings. The molecule has 1 aromatic carbocycles. The maximum absolute atomic E-state index is 11.1. The van der Waals surface area contributed by atoms with Gasteiger partial charge in [0, 0.05) is 35.7 Å². The Kier molecular flexibility index (Phi) is 6.87. The molecule has 182 valence electrons. The van der Waals surface area contributed by atoms with E-state index in [0.717, 1.165) is 56.2 Å². The predicted molar refractivity (Wildman–Crippen MR) is 135 cm³/mol. The molecular weight excluding hydrogens is 473 g/mol. The van der Waals surface area contributed by atoms with Gasteiger partial charge in [-0.15, -0.1) is 0 Å². The number of nitrogens with one attached hydrogen (secondary N) is 1. The zero-order valence-corrected chi connectivity index (χ0v) is 20.8. The monoisotopic (exact) mass is 503 g/mol. The van der Waals surface area contributed by atoms with Crippen LogP contribution >= 0.6 is 23.2 Å². The molecule has 2 saturated heterocycles. The number of hydrogen-bond donors (Lipinski definition) is 2. The largest absolute Gasteiger partial charge is 0.481 e. The molecule has 1 aliphatic carbocycles. The van der Waals surface area contributed by atoms with Gasteiger partial charge in [0.05, 0.1) is 24.4 Å². The first-order valence-electron chi connectivity index (χ1n) is 12.1. The van der Waals surface area contributed by atoms with Gasteiger partial charge in [-0.05, 0) is 68.7 Å². The first-order valence-corrected chi connectivity index (χ1v) is 12.9. The second-order valence-corrected chi connectivity index (χ2v) is 10.9. The van der Waals surface area contributed by atoms with Gasteiger partial charge in [0.25, 0.3) is 0 Å². The van der Waals surface area contributed by atoms with Crippen molar-refractivity contribution < 1.29 is 9.90 Å². The molecule has 2 aromatic rings. The Morgan fingerprint density at radius 1 is 1.18 bits per heavy atom. The van der Waals surface area contributed by atoms with Crippen molar-refractivity contribution in [3.05, 3.63) is 46.2 Å². The van der Waals surface area contributed by atoms with E-state index in [1.165, 1.54) is 12.8 Å². The van der Waals surface area contributed by atoms with Crippen molar-refractivity contribution in [1.29, 1.82) is 0 Å².